The van der Waals surface area contributed by atoms with Crippen LogP contribution in [0.5, 0.6) is 0 Å². The predicted molar refractivity (Wildman–Crippen MR) is 68.2 cm³/mol. The average Bonchev–Trinajstić information content (AvgIpc) is 2.21. The normalized spacial score (nSPS) is 21.0. The molecule has 0 aromatic rings. The van der Waals surface area contributed by atoms with Crippen molar-refractivity contribution in [2.24, 2.45) is 5.92 Å². The third kappa shape index (κ3) is 3.79. The maximum Gasteiger partial charge on any atom is 0.0179 e. The average molecular weight is 211 g/mol. The van der Waals surface area contributed by atoms with E-state index in [1.165, 1.54) is 57.9 Å². The van der Waals surface area contributed by atoms with E-state index in [0.29, 0.717) is 5.54 Å². The van der Waals surface area contributed by atoms with E-state index in [-0.39, 0.29) is 0 Å². The molecule has 1 unspecified atom stereocenters. The standard InChI is InChI=1S/C14H29N/c1-4-7-9-13(5-2)12-15-14(6-3)10-8-11-14/h13,15H,4-12H2,1-3H3. The van der Waals surface area contributed by atoms with Gasteiger partial charge in [-0.1, -0.05) is 40.0 Å². The van der Waals surface area contributed by atoms with E-state index in [4.69, 9.17) is 0 Å². The highest BCUT2D eigenvalue weighted by molar-refractivity contribution is 4.94. The fourth-order valence-electron chi connectivity index (χ4n) is 2.56. The molecule has 1 heteroatoms. The molecule has 0 aromatic heterocycles. The van der Waals surface area contributed by atoms with Crippen LogP contribution in [-0.4, -0.2) is 12.1 Å². The predicted octanol–water partition coefficient (Wildman–Crippen LogP) is 4.13. The lowest BCUT2D eigenvalue weighted by Crippen LogP contribution is -2.51. The molecule has 0 amide bonds. The van der Waals surface area contributed by atoms with E-state index in [1.54, 1.807) is 0 Å². The van der Waals surface area contributed by atoms with Gasteiger partial charge in [0.05, 0.1) is 0 Å². The van der Waals surface area contributed by atoms with E-state index in [1.807, 2.05) is 0 Å². The van der Waals surface area contributed by atoms with E-state index in [0.717, 1.165) is 5.92 Å². The zero-order chi connectivity index (χ0) is 11.1. The first-order valence-electron chi connectivity index (χ1n) is 7.01. The van der Waals surface area contributed by atoms with Gasteiger partial charge in [-0.05, 0) is 44.6 Å². The van der Waals surface area contributed by atoms with Crippen molar-refractivity contribution >= 4 is 0 Å². The SMILES string of the molecule is CCCCC(CC)CNC1(CC)CCC1. The summed E-state index contributed by atoms with van der Waals surface area (Å²) < 4.78 is 0. The van der Waals surface area contributed by atoms with Gasteiger partial charge in [0.2, 0.25) is 0 Å². The Bertz CT molecular complexity index is 155. The molecule has 0 radical (unpaired) electrons. The molecular formula is C14H29N. The Labute approximate surface area is 96.0 Å². The number of hydrogen-bond acceptors (Lipinski definition) is 1. The molecule has 90 valence electrons. The van der Waals surface area contributed by atoms with E-state index < -0.39 is 0 Å². The minimum absolute atomic E-state index is 0.541. The quantitative estimate of drug-likeness (QED) is 0.636. The van der Waals surface area contributed by atoms with Gasteiger partial charge < -0.3 is 5.32 Å². The van der Waals surface area contributed by atoms with Crippen LogP contribution in [0.3, 0.4) is 0 Å². The Morgan fingerprint density at radius 3 is 2.33 bits per heavy atom. The van der Waals surface area contributed by atoms with Crippen LogP contribution in [0.1, 0.15) is 72.1 Å². The Kier molecular flexibility index (Phi) is 5.66. The zero-order valence-electron chi connectivity index (χ0n) is 10.9. The third-order valence-corrected chi connectivity index (χ3v) is 4.30. The minimum atomic E-state index is 0.541. The first-order chi connectivity index (χ1) is 7.26. The summed E-state index contributed by atoms with van der Waals surface area (Å²) in [5.74, 6) is 0.911. The summed E-state index contributed by atoms with van der Waals surface area (Å²) in [5, 5.41) is 3.84. The minimum Gasteiger partial charge on any atom is -0.311 e. The number of nitrogens with one attached hydrogen (secondary N) is 1. The van der Waals surface area contributed by atoms with Gasteiger partial charge in [-0.2, -0.15) is 0 Å². The van der Waals surface area contributed by atoms with Crippen LogP contribution in [-0.2, 0) is 0 Å². The van der Waals surface area contributed by atoms with Crippen LogP contribution in [0.25, 0.3) is 0 Å². The first kappa shape index (κ1) is 13.0. The maximum absolute atomic E-state index is 3.84. The molecule has 1 rings (SSSR count). The summed E-state index contributed by atoms with van der Waals surface area (Å²) in [5.41, 5.74) is 0.541. The van der Waals surface area contributed by atoms with Crippen LogP contribution in [0.4, 0.5) is 0 Å². The van der Waals surface area contributed by atoms with E-state index in [2.05, 4.69) is 26.1 Å². The highest BCUT2D eigenvalue weighted by Crippen LogP contribution is 2.34. The lowest BCUT2D eigenvalue weighted by molar-refractivity contribution is 0.165. The monoisotopic (exact) mass is 211 g/mol. The summed E-state index contributed by atoms with van der Waals surface area (Å²) in [6.45, 7) is 8.21. The molecule has 0 heterocycles. The molecule has 0 aromatic carbocycles. The molecule has 1 fully saturated rings. The van der Waals surface area contributed by atoms with Gasteiger partial charge in [-0.15, -0.1) is 0 Å². The molecule has 0 saturated heterocycles. The molecular weight excluding hydrogens is 182 g/mol. The lowest BCUT2D eigenvalue weighted by atomic mass is 9.74. The summed E-state index contributed by atoms with van der Waals surface area (Å²) in [6.07, 6.45) is 11.1. The molecule has 15 heavy (non-hydrogen) atoms. The molecule has 1 N–H and O–H groups in total. The van der Waals surface area contributed by atoms with Crippen molar-refractivity contribution in [2.75, 3.05) is 6.54 Å². The Hall–Kier alpha value is -0.0400. The van der Waals surface area contributed by atoms with Crippen LogP contribution in [0.2, 0.25) is 0 Å². The van der Waals surface area contributed by atoms with Crippen molar-refractivity contribution in [1.29, 1.82) is 0 Å². The van der Waals surface area contributed by atoms with Crippen LogP contribution < -0.4 is 5.32 Å². The molecule has 1 nitrogen and oxygen atoms in total. The number of hydrogen-bond donors (Lipinski definition) is 1. The number of rotatable bonds is 8. The largest absolute Gasteiger partial charge is 0.311 e. The molecule has 1 atom stereocenters. The second kappa shape index (κ2) is 6.52. The van der Waals surface area contributed by atoms with Gasteiger partial charge in [0.15, 0.2) is 0 Å². The Balaban J connectivity index is 2.20. The topological polar surface area (TPSA) is 12.0 Å². The third-order valence-electron chi connectivity index (χ3n) is 4.30. The van der Waals surface area contributed by atoms with Gasteiger partial charge in [-0.25, -0.2) is 0 Å². The summed E-state index contributed by atoms with van der Waals surface area (Å²) in [7, 11) is 0. The fraction of sp³-hybridized carbons (Fsp3) is 1.00. The van der Waals surface area contributed by atoms with Gasteiger partial charge >= 0.3 is 0 Å². The first-order valence-corrected chi connectivity index (χ1v) is 7.01. The Morgan fingerprint density at radius 1 is 1.20 bits per heavy atom. The van der Waals surface area contributed by atoms with Crippen LogP contribution >= 0.6 is 0 Å². The summed E-state index contributed by atoms with van der Waals surface area (Å²) in [6, 6.07) is 0. The van der Waals surface area contributed by atoms with Crippen LogP contribution in [0, 0.1) is 5.92 Å². The van der Waals surface area contributed by atoms with Crippen LogP contribution in [0.15, 0.2) is 0 Å². The van der Waals surface area contributed by atoms with Gasteiger partial charge in [0, 0.05) is 5.54 Å². The highest BCUT2D eigenvalue weighted by Gasteiger charge is 2.34. The van der Waals surface area contributed by atoms with Crippen molar-refractivity contribution in [3.8, 4) is 0 Å². The van der Waals surface area contributed by atoms with E-state index in [9.17, 15) is 0 Å². The van der Waals surface area contributed by atoms with Crippen molar-refractivity contribution < 1.29 is 0 Å². The molecule has 1 aliphatic carbocycles. The van der Waals surface area contributed by atoms with Gasteiger partial charge in [-0.3, -0.25) is 0 Å². The smallest absolute Gasteiger partial charge is 0.0179 e. The van der Waals surface area contributed by atoms with Crippen molar-refractivity contribution in [1.82, 2.24) is 5.32 Å². The van der Waals surface area contributed by atoms with Crippen molar-refractivity contribution in [3.05, 3.63) is 0 Å². The molecule has 1 aliphatic rings. The maximum atomic E-state index is 3.84. The highest BCUT2D eigenvalue weighted by atomic mass is 15.0. The Morgan fingerprint density at radius 2 is 1.93 bits per heavy atom. The van der Waals surface area contributed by atoms with Gasteiger partial charge in [0.25, 0.3) is 0 Å². The molecule has 1 saturated carbocycles. The van der Waals surface area contributed by atoms with Gasteiger partial charge in [0.1, 0.15) is 0 Å². The lowest BCUT2D eigenvalue weighted by Gasteiger charge is -2.43. The summed E-state index contributed by atoms with van der Waals surface area (Å²) in [4.78, 5) is 0. The van der Waals surface area contributed by atoms with Crippen molar-refractivity contribution in [3.63, 3.8) is 0 Å². The molecule has 0 bridgehead atoms. The fourth-order valence-corrected chi connectivity index (χ4v) is 2.56. The second-order valence-electron chi connectivity index (χ2n) is 5.28. The summed E-state index contributed by atoms with van der Waals surface area (Å²) >= 11 is 0. The molecule has 0 aliphatic heterocycles. The number of unbranched alkanes of at least 4 members (excludes halogenated alkanes) is 1. The zero-order valence-corrected chi connectivity index (χ0v) is 10.9. The van der Waals surface area contributed by atoms with E-state index >= 15 is 0 Å². The molecule has 0 spiro atoms. The second-order valence-corrected chi connectivity index (χ2v) is 5.28. The van der Waals surface area contributed by atoms with Crippen molar-refractivity contribution in [2.45, 2.75) is 77.7 Å².